The van der Waals surface area contributed by atoms with Crippen LogP contribution in [0.25, 0.3) is 0 Å². The Kier molecular flexibility index (Phi) is 4.75. The van der Waals surface area contributed by atoms with Crippen molar-refractivity contribution in [3.05, 3.63) is 12.2 Å². The molecule has 0 amide bonds. The van der Waals surface area contributed by atoms with Gasteiger partial charge in [0, 0.05) is 19.0 Å². The van der Waals surface area contributed by atoms with Gasteiger partial charge in [-0.2, -0.15) is 5.10 Å². The van der Waals surface area contributed by atoms with Gasteiger partial charge < -0.3 is 5.73 Å². The number of rotatable bonds is 4. The van der Waals surface area contributed by atoms with Crippen molar-refractivity contribution in [1.82, 2.24) is 14.8 Å². The van der Waals surface area contributed by atoms with Gasteiger partial charge in [0.15, 0.2) is 0 Å². The molecule has 0 aromatic carbocycles. The zero-order valence-corrected chi connectivity index (χ0v) is 11.7. The van der Waals surface area contributed by atoms with Crippen LogP contribution in [0.15, 0.2) is 6.33 Å². The third-order valence-corrected chi connectivity index (χ3v) is 3.78. The van der Waals surface area contributed by atoms with Crippen molar-refractivity contribution < 1.29 is 0 Å². The van der Waals surface area contributed by atoms with E-state index in [0.29, 0.717) is 17.9 Å². The van der Waals surface area contributed by atoms with E-state index < -0.39 is 0 Å². The smallest absolute Gasteiger partial charge is 0.138 e. The Hall–Kier alpha value is -0.900. The minimum atomic E-state index is 0.388. The lowest BCUT2D eigenvalue weighted by Gasteiger charge is -2.17. The van der Waals surface area contributed by atoms with Gasteiger partial charge in [0.2, 0.25) is 0 Å². The van der Waals surface area contributed by atoms with Gasteiger partial charge >= 0.3 is 0 Å². The molecule has 2 atom stereocenters. The summed E-state index contributed by atoms with van der Waals surface area (Å²) in [6.45, 7) is 5.40. The lowest BCUT2D eigenvalue weighted by atomic mass is 9.94. The fourth-order valence-electron chi connectivity index (χ4n) is 2.89. The van der Waals surface area contributed by atoms with Gasteiger partial charge in [0.25, 0.3) is 0 Å². The van der Waals surface area contributed by atoms with E-state index in [1.54, 1.807) is 6.33 Å². The highest BCUT2D eigenvalue weighted by atomic mass is 15.3. The van der Waals surface area contributed by atoms with Crippen molar-refractivity contribution in [2.24, 2.45) is 17.6 Å². The van der Waals surface area contributed by atoms with Crippen LogP contribution in [0, 0.1) is 11.8 Å². The van der Waals surface area contributed by atoms with Crippen LogP contribution < -0.4 is 5.73 Å². The zero-order chi connectivity index (χ0) is 13.0. The average molecular weight is 250 g/mol. The zero-order valence-electron chi connectivity index (χ0n) is 11.7. The topological polar surface area (TPSA) is 56.7 Å². The summed E-state index contributed by atoms with van der Waals surface area (Å²) in [6, 6.07) is 0.388. The van der Waals surface area contributed by atoms with Crippen LogP contribution in [0.1, 0.15) is 51.8 Å². The third-order valence-electron chi connectivity index (χ3n) is 3.78. The Labute approximate surface area is 110 Å². The summed E-state index contributed by atoms with van der Waals surface area (Å²) in [5.41, 5.74) is 6.13. The summed E-state index contributed by atoms with van der Waals surface area (Å²) in [5, 5.41) is 4.34. The summed E-state index contributed by atoms with van der Waals surface area (Å²) < 4.78 is 2.07. The maximum Gasteiger partial charge on any atom is 0.138 e. The van der Waals surface area contributed by atoms with Crippen molar-refractivity contribution in [2.75, 3.05) is 0 Å². The Morgan fingerprint density at radius 3 is 2.94 bits per heavy atom. The van der Waals surface area contributed by atoms with Gasteiger partial charge in [-0.05, 0) is 31.1 Å². The largest absolute Gasteiger partial charge is 0.328 e. The van der Waals surface area contributed by atoms with Crippen LogP contribution in [-0.4, -0.2) is 20.8 Å². The summed E-state index contributed by atoms with van der Waals surface area (Å²) >= 11 is 0. The first kappa shape index (κ1) is 13.5. The molecule has 2 rings (SSSR count). The Morgan fingerprint density at radius 2 is 2.17 bits per heavy atom. The fraction of sp³-hybridized carbons (Fsp3) is 0.857. The molecule has 1 aliphatic rings. The summed E-state index contributed by atoms with van der Waals surface area (Å²) in [6.07, 6.45) is 8.97. The van der Waals surface area contributed by atoms with Crippen molar-refractivity contribution in [2.45, 2.75) is 65.0 Å². The third kappa shape index (κ3) is 3.80. The van der Waals surface area contributed by atoms with E-state index in [1.165, 1.54) is 25.7 Å². The van der Waals surface area contributed by atoms with Gasteiger partial charge in [0.05, 0.1) is 0 Å². The second kappa shape index (κ2) is 6.32. The first-order chi connectivity index (χ1) is 8.65. The lowest BCUT2D eigenvalue weighted by Crippen LogP contribution is -2.23. The number of nitrogens with two attached hydrogens (primary N) is 1. The average Bonchev–Trinajstić information content (AvgIpc) is 2.59. The molecule has 2 unspecified atom stereocenters. The van der Waals surface area contributed by atoms with Crippen LogP contribution in [0.4, 0.5) is 0 Å². The number of nitrogens with zero attached hydrogens (tertiary/aromatic N) is 3. The minimum Gasteiger partial charge on any atom is -0.328 e. The molecule has 1 heterocycles. The molecule has 1 fully saturated rings. The second-order valence-electron chi connectivity index (χ2n) is 6.10. The van der Waals surface area contributed by atoms with E-state index in [1.807, 2.05) is 0 Å². The summed E-state index contributed by atoms with van der Waals surface area (Å²) in [7, 11) is 0. The predicted octanol–water partition coefficient (Wildman–Crippen LogP) is 2.38. The molecule has 102 valence electrons. The quantitative estimate of drug-likeness (QED) is 0.835. The van der Waals surface area contributed by atoms with Crippen LogP contribution in [-0.2, 0) is 13.0 Å². The van der Waals surface area contributed by atoms with Gasteiger partial charge in [-0.3, -0.25) is 0 Å². The molecule has 4 nitrogen and oxygen atoms in total. The Balaban J connectivity index is 1.97. The van der Waals surface area contributed by atoms with E-state index in [2.05, 4.69) is 28.6 Å². The summed E-state index contributed by atoms with van der Waals surface area (Å²) in [5.74, 6) is 2.45. The second-order valence-corrected chi connectivity index (χ2v) is 6.10. The van der Waals surface area contributed by atoms with Crippen LogP contribution in [0.5, 0.6) is 0 Å². The fourth-order valence-corrected chi connectivity index (χ4v) is 2.89. The normalized spacial score (nSPS) is 25.3. The maximum absolute atomic E-state index is 6.13. The van der Waals surface area contributed by atoms with E-state index >= 15 is 0 Å². The molecule has 0 spiro atoms. The summed E-state index contributed by atoms with van der Waals surface area (Å²) in [4.78, 5) is 4.43. The van der Waals surface area contributed by atoms with Crippen molar-refractivity contribution >= 4 is 0 Å². The number of aromatic nitrogens is 3. The van der Waals surface area contributed by atoms with Crippen LogP contribution >= 0.6 is 0 Å². The van der Waals surface area contributed by atoms with E-state index in [9.17, 15) is 0 Å². The molecular formula is C14H26N4. The molecule has 0 radical (unpaired) electrons. The van der Waals surface area contributed by atoms with Crippen molar-refractivity contribution in [1.29, 1.82) is 0 Å². The predicted molar refractivity (Wildman–Crippen MR) is 73.1 cm³/mol. The molecule has 0 bridgehead atoms. The van der Waals surface area contributed by atoms with Crippen molar-refractivity contribution in [3.8, 4) is 0 Å². The van der Waals surface area contributed by atoms with Gasteiger partial charge in [-0.15, -0.1) is 0 Å². The monoisotopic (exact) mass is 250 g/mol. The molecule has 4 heteroatoms. The Bertz CT molecular complexity index is 358. The molecule has 1 aromatic rings. The van der Waals surface area contributed by atoms with Crippen LogP contribution in [0.3, 0.4) is 0 Å². The van der Waals surface area contributed by atoms with Gasteiger partial charge in [-0.25, -0.2) is 9.67 Å². The number of hydrogen-bond donors (Lipinski definition) is 1. The Morgan fingerprint density at radius 1 is 1.39 bits per heavy atom. The molecule has 1 saturated carbocycles. The lowest BCUT2D eigenvalue weighted by molar-refractivity contribution is 0.397. The molecule has 2 N–H and O–H groups in total. The number of hydrogen-bond acceptors (Lipinski definition) is 3. The molecule has 0 saturated heterocycles. The van der Waals surface area contributed by atoms with Gasteiger partial charge in [0.1, 0.15) is 12.2 Å². The first-order valence-corrected chi connectivity index (χ1v) is 7.27. The van der Waals surface area contributed by atoms with E-state index in [4.69, 9.17) is 5.73 Å². The molecule has 1 aliphatic carbocycles. The highest BCUT2D eigenvalue weighted by molar-refractivity contribution is 4.89. The van der Waals surface area contributed by atoms with Gasteiger partial charge in [-0.1, -0.05) is 26.7 Å². The first-order valence-electron chi connectivity index (χ1n) is 7.27. The highest BCUT2D eigenvalue weighted by Gasteiger charge is 2.20. The van der Waals surface area contributed by atoms with E-state index in [-0.39, 0.29) is 0 Å². The highest BCUT2D eigenvalue weighted by Crippen LogP contribution is 2.25. The SMILES string of the molecule is CC(C)Cn1ncnc1CC1CCCCC(N)C1. The molecular weight excluding hydrogens is 224 g/mol. The molecule has 18 heavy (non-hydrogen) atoms. The maximum atomic E-state index is 6.13. The van der Waals surface area contributed by atoms with E-state index in [0.717, 1.165) is 25.2 Å². The van der Waals surface area contributed by atoms with Crippen LogP contribution in [0.2, 0.25) is 0 Å². The molecule has 1 aromatic heterocycles. The standard InChI is InChI=1S/C14H26N4/c1-11(2)9-18-14(16-10-17-18)8-12-5-3-4-6-13(15)7-12/h10-13H,3-9,15H2,1-2H3. The molecule has 0 aliphatic heterocycles. The van der Waals surface area contributed by atoms with Crippen molar-refractivity contribution in [3.63, 3.8) is 0 Å². The minimum absolute atomic E-state index is 0.388.